The van der Waals surface area contributed by atoms with E-state index in [4.69, 9.17) is 21.1 Å². The molecule has 2 rings (SSSR count). The summed E-state index contributed by atoms with van der Waals surface area (Å²) >= 11 is 6.31. The lowest BCUT2D eigenvalue weighted by atomic mass is 10.0. The molecular weight excluding hydrogens is 286 g/mol. The smallest absolute Gasteiger partial charge is 0.159 e. The Balaban J connectivity index is 2.41. The third-order valence-corrected chi connectivity index (χ3v) is 3.41. The third-order valence-electron chi connectivity index (χ3n) is 2.90. The van der Waals surface area contributed by atoms with Crippen molar-refractivity contribution in [2.45, 2.75) is 5.38 Å². The summed E-state index contributed by atoms with van der Waals surface area (Å²) in [5, 5.41) is -0.630. The van der Waals surface area contributed by atoms with Gasteiger partial charge in [-0.1, -0.05) is 6.07 Å². The van der Waals surface area contributed by atoms with E-state index >= 15 is 0 Å². The topological polar surface area (TPSA) is 18.5 Å². The van der Waals surface area contributed by atoms with Gasteiger partial charge < -0.3 is 9.47 Å². The van der Waals surface area contributed by atoms with Crippen LogP contribution in [0.5, 0.6) is 11.5 Å². The quantitative estimate of drug-likeness (QED) is 0.783. The average molecular weight is 299 g/mol. The number of halogens is 3. The summed E-state index contributed by atoms with van der Waals surface area (Å²) < 4.78 is 36.5. The first-order valence-electron chi connectivity index (χ1n) is 5.87. The van der Waals surface area contributed by atoms with E-state index in [-0.39, 0.29) is 0 Å². The Bertz CT molecular complexity index is 595. The van der Waals surface area contributed by atoms with Gasteiger partial charge >= 0.3 is 0 Å². The van der Waals surface area contributed by atoms with Gasteiger partial charge in [-0.2, -0.15) is 0 Å². The molecule has 0 N–H and O–H groups in total. The second kappa shape index (κ2) is 6.09. The van der Waals surface area contributed by atoms with Crippen LogP contribution in [0.1, 0.15) is 16.5 Å². The maximum Gasteiger partial charge on any atom is 0.159 e. The molecule has 1 unspecified atom stereocenters. The first kappa shape index (κ1) is 14.6. The van der Waals surface area contributed by atoms with Crippen molar-refractivity contribution in [3.8, 4) is 11.5 Å². The van der Waals surface area contributed by atoms with Gasteiger partial charge in [-0.05, 0) is 35.4 Å². The van der Waals surface area contributed by atoms with Crippen molar-refractivity contribution in [2.75, 3.05) is 14.2 Å². The van der Waals surface area contributed by atoms with Crippen LogP contribution >= 0.6 is 11.6 Å². The van der Waals surface area contributed by atoms with Crippen LogP contribution in [0.3, 0.4) is 0 Å². The van der Waals surface area contributed by atoms with Crippen LogP contribution in [0.25, 0.3) is 0 Å². The Morgan fingerprint density at radius 3 is 1.95 bits per heavy atom. The number of hydrogen-bond donors (Lipinski definition) is 0. The Morgan fingerprint density at radius 2 is 1.45 bits per heavy atom. The number of alkyl halides is 1. The molecule has 0 amide bonds. The van der Waals surface area contributed by atoms with Gasteiger partial charge in [0.25, 0.3) is 0 Å². The Morgan fingerprint density at radius 1 is 0.850 bits per heavy atom. The summed E-state index contributed by atoms with van der Waals surface area (Å²) in [6.07, 6.45) is 0. The van der Waals surface area contributed by atoms with E-state index in [2.05, 4.69) is 0 Å². The number of ether oxygens (including phenoxy) is 2. The second-order valence-corrected chi connectivity index (χ2v) is 4.62. The monoisotopic (exact) mass is 298 g/mol. The van der Waals surface area contributed by atoms with Crippen LogP contribution in [-0.2, 0) is 0 Å². The van der Waals surface area contributed by atoms with Crippen LogP contribution < -0.4 is 9.47 Å². The van der Waals surface area contributed by atoms with Gasteiger partial charge in [0.15, 0.2) is 11.6 Å². The Labute approximate surface area is 120 Å². The van der Waals surface area contributed by atoms with Gasteiger partial charge in [-0.25, -0.2) is 8.78 Å². The second-order valence-electron chi connectivity index (χ2n) is 4.18. The van der Waals surface area contributed by atoms with Gasteiger partial charge in [0.2, 0.25) is 0 Å². The van der Waals surface area contributed by atoms with Crippen LogP contribution in [0, 0.1) is 11.6 Å². The number of hydrogen-bond acceptors (Lipinski definition) is 2. The molecule has 1 atom stereocenters. The lowest BCUT2D eigenvalue weighted by Crippen LogP contribution is -1.98. The molecule has 0 heterocycles. The molecule has 0 saturated heterocycles. The molecule has 0 fully saturated rings. The molecular formula is C15H13ClF2O2. The van der Waals surface area contributed by atoms with E-state index in [1.54, 1.807) is 18.2 Å². The lowest BCUT2D eigenvalue weighted by Gasteiger charge is -2.14. The van der Waals surface area contributed by atoms with Crippen molar-refractivity contribution in [3.63, 3.8) is 0 Å². The average Bonchev–Trinajstić information content (AvgIpc) is 2.48. The van der Waals surface area contributed by atoms with Crippen molar-refractivity contribution < 1.29 is 18.3 Å². The van der Waals surface area contributed by atoms with Crippen LogP contribution in [0.2, 0.25) is 0 Å². The molecule has 106 valence electrons. The molecule has 0 saturated carbocycles. The first-order valence-corrected chi connectivity index (χ1v) is 6.30. The highest BCUT2D eigenvalue weighted by Crippen LogP contribution is 2.34. The van der Waals surface area contributed by atoms with Crippen molar-refractivity contribution in [1.82, 2.24) is 0 Å². The zero-order valence-electron chi connectivity index (χ0n) is 11.0. The van der Waals surface area contributed by atoms with Crippen LogP contribution in [-0.4, -0.2) is 14.2 Å². The number of methoxy groups -OCH3 is 2. The predicted octanol–water partition coefficient (Wildman–Crippen LogP) is 4.31. The SMILES string of the molecule is COc1cc(OC)cc(C(Cl)c2ccc(F)c(F)c2)c1. The van der Waals surface area contributed by atoms with E-state index < -0.39 is 17.0 Å². The first-order chi connectivity index (χ1) is 9.55. The van der Waals surface area contributed by atoms with E-state index in [0.29, 0.717) is 22.6 Å². The Hall–Kier alpha value is -1.81. The molecule has 2 aromatic carbocycles. The molecule has 2 aromatic rings. The molecule has 0 aliphatic carbocycles. The minimum Gasteiger partial charge on any atom is -0.497 e. The van der Waals surface area contributed by atoms with Gasteiger partial charge in [0, 0.05) is 6.07 Å². The molecule has 0 aliphatic rings. The minimum absolute atomic E-state index is 0.459. The maximum atomic E-state index is 13.3. The summed E-state index contributed by atoms with van der Waals surface area (Å²) in [4.78, 5) is 0. The highest BCUT2D eigenvalue weighted by Gasteiger charge is 2.15. The molecule has 20 heavy (non-hydrogen) atoms. The highest BCUT2D eigenvalue weighted by molar-refractivity contribution is 6.22. The van der Waals surface area contributed by atoms with Gasteiger partial charge in [-0.3, -0.25) is 0 Å². The molecule has 0 radical (unpaired) electrons. The summed E-state index contributed by atoms with van der Waals surface area (Å²) in [7, 11) is 3.05. The van der Waals surface area contributed by atoms with Gasteiger partial charge in [0.1, 0.15) is 11.5 Å². The summed E-state index contributed by atoms with van der Waals surface area (Å²) in [6.45, 7) is 0. The summed E-state index contributed by atoms with van der Waals surface area (Å²) in [5.74, 6) is -0.677. The van der Waals surface area contributed by atoms with E-state index in [9.17, 15) is 8.78 Å². The lowest BCUT2D eigenvalue weighted by molar-refractivity contribution is 0.393. The molecule has 2 nitrogen and oxygen atoms in total. The minimum atomic E-state index is -0.928. The summed E-state index contributed by atoms with van der Waals surface area (Å²) in [6, 6.07) is 8.74. The van der Waals surface area contributed by atoms with Crippen LogP contribution in [0.15, 0.2) is 36.4 Å². The number of benzene rings is 2. The van der Waals surface area contributed by atoms with Gasteiger partial charge in [0.05, 0.1) is 19.6 Å². The molecule has 0 spiro atoms. The fraction of sp³-hybridized carbons (Fsp3) is 0.200. The maximum absolute atomic E-state index is 13.3. The molecule has 5 heteroatoms. The fourth-order valence-electron chi connectivity index (χ4n) is 1.84. The normalized spacial score (nSPS) is 12.1. The zero-order valence-corrected chi connectivity index (χ0v) is 11.7. The van der Waals surface area contributed by atoms with Crippen LogP contribution in [0.4, 0.5) is 8.78 Å². The van der Waals surface area contributed by atoms with Gasteiger partial charge in [-0.15, -0.1) is 11.6 Å². The third kappa shape index (κ3) is 3.02. The highest BCUT2D eigenvalue weighted by atomic mass is 35.5. The van der Waals surface area contributed by atoms with E-state index in [1.165, 1.54) is 20.3 Å². The zero-order chi connectivity index (χ0) is 14.7. The largest absolute Gasteiger partial charge is 0.497 e. The predicted molar refractivity (Wildman–Crippen MR) is 73.6 cm³/mol. The van der Waals surface area contributed by atoms with Crippen molar-refractivity contribution in [3.05, 3.63) is 59.2 Å². The van der Waals surface area contributed by atoms with Crippen molar-refractivity contribution >= 4 is 11.6 Å². The van der Waals surface area contributed by atoms with Crippen molar-refractivity contribution in [1.29, 1.82) is 0 Å². The van der Waals surface area contributed by atoms with E-state index in [0.717, 1.165) is 12.1 Å². The Kier molecular flexibility index (Phi) is 4.45. The standard InChI is InChI=1S/C15H13ClF2O2/c1-19-11-5-10(6-12(8-11)20-2)15(16)9-3-4-13(17)14(18)7-9/h3-8,15H,1-2H3. The number of rotatable bonds is 4. The summed E-state index contributed by atoms with van der Waals surface area (Å²) in [5.41, 5.74) is 1.13. The molecule has 0 bridgehead atoms. The fourth-order valence-corrected chi connectivity index (χ4v) is 2.10. The van der Waals surface area contributed by atoms with Crippen molar-refractivity contribution in [2.24, 2.45) is 0 Å². The molecule has 0 aromatic heterocycles. The molecule has 0 aliphatic heterocycles. The van der Waals surface area contributed by atoms with E-state index in [1.807, 2.05) is 0 Å².